The first-order valence-corrected chi connectivity index (χ1v) is 9.93. The second kappa shape index (κ2) is 9.82. The maximum atomic E-state index is 11.5. The van der Waals surface area contributed by atoms with Crippen molar-refractivity contribution in [3.63, 3.8) is 0 Å². The molecule has 0 aliphatic rings. The molecule has 25 heavy (non-hydrogen) atoms. The quantitative estimate of drug-likeness (QED) is 0.372. The van der Waals surface area contributed by atoms with Gasteiger partial charge in [-0.2, -0.15) is 5.10 Å². The topological polar surface area (TPSA) is 84.7 Å². The molecule has 0 radical (unpaired) electrons. The van der Waals surface area contributed by atoms with E-state index < -0.39 is 0 Å². The van der Waals surface area contributed by atoms with Gasteiger partial charge in [0, 0.05) is 30.6 Å². The average Bonchev–Trinajstić information content (AvgIpc) is 2.95. The SMILES string of the molecule is CCCNc1nc(SC(C)C)nc2c1cnn2CCNC(=O)CCCl. The first-order valence-electron chi connectivity index (χ1n) is 8.51. The molecule has 0 atom stereocenters. The summed E-state index contributed by atoms with van der Waals surface area (Å²) < 4.78 is 1.81. The normalized spacial score (nSPS) is 11.2. The number of alkyl halides is 1. The van der Waals surface area contributed by atoms with Gasteiger partial charge in [0.15, 0.2) is 10.8 Å². The molecule has 9 heteroatoms. The van der Waals surface area contributed by atoms with Gasteiger partial charge < -0.3 is 10.6 Å². The molecule has 0 aliphatic heterocycles. The van der Waals surface area contributed by atoms with Gasteiger partial charge in [0.2, 0.25) is 5.91 Å². The van der Waals surface area contributed by atoms with Crippen molar-refractivity contribution in [2.24, 2.45) is 0 Å². The van der Waals surface area contributed by atoms with Gasteiger partial charge in [-0.05, 0) is 6.42 Å². The van der Waals surface area contributed by atoms with Crippen LogP contribution in [-0.2, 0) is 11.3 Å². The Bertz CT molecular complexity index is 705. The van der Waals surface area contributed by atoms with Crippen molar-refractivity contribution in [2.75, 3.05) is 24.3 Å². The summed E-state index contributed by atoms with van der Waals surface area (Å²) in [5.74, 6) is 1.08. The van der Waals surface area contributed by atoms with E-state index in [9.17, 15) is 4.79 Å². The zero-order valence-electron chi connectivity index (χ0n) is 14.9. The smallest absolute Gasteiger partial charge is 0.221 e. The van der Waals surface area contributed by atoms with Crippen LogP contribution in [0.5, 0.6) is 0 Å². The molecule has 7 nitrogen and oxygen atoms in total. The highest BCUT2D eigenvalue weighted by Gasteiger charge is 2.14. The van der Waals surface area contributed by atoms with E-state index in [2.05, 4.69) is 46.5 Å². The number of nitrogens with zero attached hydrogens (tertiary/aromatic N) is 4. The summed E-state index contributed by atoms with van der Waals surface area (Å²) in [6.07, 6.45) is 3.11. The maximum Gasteiger partial charge on any atom is 0.221 e. The Morgan fingerprint density at radius 1 is 1.36 bits per heavy atom. The Kier molecular flexibility index (Phi) is 7.77. The van der Waals surface area contributed by atoms with E-state index in [4.69, 9.17) is 11.6 Å². The minimum Gasteiger partial charge on any atom is -0.369 e. The number of anilines is 1. The van der Waals surface area contributed by atoms with E-state index >= 15 is 0 Å². The van der Waals surface area contributed by atoms with E-state index in [-0.39, 0.29) is 5.91 Å². The molecule has 2 aromatic heterocycles. The lowest BCUT2D eigenvalue weighted by Crippen LogP contribution is -2.27. The van der Waals surface area contributed by atoms with Gasteiger partial charge in [-0.1, -0.05) is 32.5 Å². The van der Waals surface area contributed by atoms with E-state index in [1.54, 1.807) is 22.6 Å². The third-order valence-electron chi connectivity index (χ3n) is 3.33. The van der Waals surface area contributed by atoms with E-state index in [1.807, 2.05) is 0 Å². The molecular weight excluding hydrogens is 360 g/mol. The Balaban J connectivity index is 2.21. The molecule has 1 amide bonds. The van der Waals surface area contributed by atoms with Crippen LogP contribution >= 0.6 is 23.4 Å². The van der Waals surface area contributed by atoms with Crippen LogP contribution in [-0.4, -0.2) is 49.9 Å². The molecule has 2 rings (SSSR count). The molecule has 0 unspecified atom stereocenters. The van der Waals surface area contributed by atoms with Gasteiger partial charge in [0.1, 0.15) is 5.82 Å². The lowest BCUT2D eigenvalue weighted by Gasteiger charge is -2.10. The Morgan fingerprint density at radius 3 is 2.84 bits per heavy atom. The van der Waals surface area contributed by atoms with Crippen LogP contribution < -0.4 is 10.6 Å². The van der Waals surface area contributed by atoms with E-state index in [0.717, 1.165) is 35.0 Å². The summed E-state index contributed by atoms with van der Waals surface area (Å²) in [6.45, 7) is 8.22. The number of carbonyl (C=O) groups is 1. The van der Waals surface area contributed by atoms with Crippen molar-refractivity contribution < 1.29 is 4.79 Å². The number of hydrogen-bond acceptors (Lipinski definition) is 6. The third kappa shape index (κ3) is 5.74. The molecule has 2 heterocycles. The molecule has 0 aliphatic carbocycles. The van der Waals surface area contributed by atoms with Crippen molar-refractivity contribution in [1.29, 1.82) is 0 Å². The van der Waals surface area contributed by atoms with Crippen LogP contribution in [0.4, 0.5) is 5.82 Å². The van der Waals surface area contributed by atoms with Crippen molar-refractivity contribution in [1.82, 2.24) is 25.1 Å². The molecule has 0 spiro atoms. The number of thioether (sulfide) groups is 1. The minimum absolute atomic E-state index is 0.0533. The van der Waals surface area contributed by atoms with Crippen LogP contribution in [0.3, 0.4) is 0 Å². The van der Waals surface area contributed by atoms with Crippen LogP contribution in [0.15, 0.2) is 11.4 Å². The Morgan fingerprint density at radius 2 is 2.16 bits per heavy atom. The lowest BCUT2D eigenvalue weighted by atomic mass is 10.3. The molecule has 0 fully saturated rings. The van der Waals surface area contributed by atoms with E-state index in [0.29, 0.717) is 30.6 Å². The summed E-state index contributed by atoms with van der Waals surface area (Å²) in [4.78, 5) is 20.8. The summed E-state index contributed by atoms with van der Waals surface area (Å²) >= 11 is 7.19. The van der Waals surface area contributed by atoms with E-state index in [1.165, 1.54) is 0 Å². The monoisotopic (exact) mass is 384 g/mol. The van der Waals surface area contributed by atoms with Gasteiger partial charge in [-0.3, -0.25) is 4.79 Å². The highest BCUT2D eigenvalue weighted by molar-refractivity contribution is 7.99. The van der Waals surface area contributed by atoms with Crippen LogP contribution in [0.1, 0.15) is 33.6 Å². The summed E-state index contributed by atoms with van der Waals surface area (Å²) in [6, 6.07) is 0. The Labute approximate surface area is 157 Å². The fourth-order valence-electron chi connectivity index (χ4n) is 2.22. The number of aromatic nitrogens is 4. The third-order valence-corrected chi connectivity index (χ3v) is 4.38. The molecule has 2 N–H and O–H groups in total. The summed E-state index contributed by atoms with van der Waals surface area (Å²) in [5, 5.41) is 12.6. The number of rotatable bonds is 10. The second-order valence-electron chi connectivity index (χ2n) is 5.84. The number of halogens is 1. The summed E-state index contributed by atoms with van der Waals surface area (Å²) in [5.41, 5.74) is 0.781. The highest BCUT2D eigenvalue weighted by Crippen LogP contribution is 2.26. The van der Waals surface area contributed by atoms with Crippen molar-refractivity contribution in [3.8, 4) is 0 Å². The Hall–Kier alpha value is -1.54. The first kappa shape index (κ1) is 19.8. The molecule has 138 valence electrons. The fraction of sp³-hybridized carbons (Fsp3) is 0.625. The first-order chi connectivity index (χ1) is 12.0. The van der Waals surface area contributed by atoms with Gasteiger partial charge in [-0.25, -0.2) is 14.6 Å². The molecular formula is C16H25ClN6OS. The van der Waals surface area contributed by atoms with Crippen molar-refractivity contribution in [3.05, 3.63) is 6.20 Å². The van der Waals surface area contributed by atoms with Crippen molar-refractivity contribution in [2.45, 2.75) is 50.6 Å². The number of hydrogen-bond donors (Lipinski definition) is 2. The lowest BCUT2D eigenvalue weighted by molar-refractivity contribution is -0.120. The second-order valence-corrected chi connectivity index (χ2v) is 7.76. The average molecular weight is 385 g/mol. The zero-order valence-corrected chi connectivity index (χ0v) is 16.5. The molecule has 0 aromatic carbocycles. The van der Waals surface area contributed by atoms with Crippen molar-refractivity contribution >= 4 is 46.1 Å². The number of nitrogens with one attached hydrogen (secondary N) is 2. The maximum absolute atomic E-state index is 11.5. The molecule has 0 saturated carbocycles. The minimum atomic E-state index is -0.0533. The highest BCUT2D eigenvalue weighted by atomic mass is 35.5. The van der Waals surface area contributed by atoms with Gasteiger partial charge in [0.05, 0.1) is 18.1 Å². The largest absolute Gasteiger partial charge is 0.369 e. The standard InChI is InChI=1S/C16H25ClN6OS/c1-4-7-19-14-12-10-20-23(9-8-18-13(24)5-6-17)15(12)22-16(21-14)25-11(2)3/h10-11H,4-9H2,1-3H3,(H,18,24)(H,19,21,22). The predicted octanol–water partition coefficient (Wildman–Crippen LogP) is 2.89. The summed E-state index contributed by atoms with van der Waals surface area (Å²) in [7, 11) is 0. The predicted molar refractivity (Wildman–Crippen MR) is 103 cm³/mol. The van der Waals surface area contributed by atoms with Gasteiger partial charge >= 0.3 is 0 Å². The van der Waals surface area contributed by atoms with Crippen LogP contribution in [0.2, 0.25) is 0 Å². The number of carbonyl (C=O) groups excluding carboxylic acids is 1. The molecule has 0 saturated heterocycles. The number of amides is 1. The van der Waals surface area contributed by atoms with Gasteiger partial charge in [-0.15, -0.1) is 11.6 Å². The number of fused-ring (bicyclic) bond motifs is 1. The van der Waals surface area contributed by atoms with Crippen LogP contribution in [0, 0.1) is 0 Å². The fourth-order valence-corrected chi connectivity index (χ4v) is 3.09. The molecule has 2 aromatic rings. The zero-order chi connectivity index (χ0) is 18.2. The molecule has 0 bridgehead atoms. The van der Waals surface area contributed by atoms with Gasteiger partial charge in [0.25, 0.3) is 0 Å². The van der Waals surface area contributed by atoms with Crippen LogP contribution in [0.25, 0.3) is 11.0 Å².